The first-order valence-corrected chi connectivity index (χ1v) is 7.06. The number of amides is 1. The maximum atomic E-state index is 14.4. The van der Waals surface area contributed by atoms with Crippen LogP contribution in [0.25, 0.3) is 11.1 Å². The first-order chi connectivity index (χ1) is 11.1. The van der Waals surface area contributed by atoms with Crippen LogP contribution in [0.5, 0.6) is 0 Å². The minimum absolute atomic E-state index is 0.183. The molecule has 0 aliphatic carbocycles. The van der Waals surface area contributed by atoms with Crippen LogP contribution < -0.4 is 4.90 Å². The Morgan fingerprint density at radius 1 is 1.26 bits per heavy atom. The molecule has 1 N–H and O–H groups in total. The molecular weight excluding hydrogens is 301 g/mol. The topological polar surface area (TPSA) is 66.8 Å². The van der Waals surface area contributed by atoms with E-state index in [9.17, 15) is 14.0 Å². The zero-order valence-electron chi connectivity index (χ0n) is 12.1. The van der Waals surface area contributed by atoms with Crippen LogP contribution >= 0.6 is 0 Å². The molecular formula is C17H14FNO4. The number of halogens is 1. The van der Waals surface area contributed by atoms with Gasteiger partial charge in [-0.05, 0) is 23.8 Å². The number of ether oxygens (including phenoxy) is 1. The molecule has 1 unspecified atom stereocenters. The highest BCUT2D eigenvalue weighted by atomic mass is 19.1. The molecule has 1 heterocycles. The normalized spacial score (nSPS) is 17.2. The van der Waals surface area contributed by atoms with Gasteiger partial charge in [0.25, 0.3) is 0 Å². The van der Waals surface area contributed by atoms with E-state index in [4.69, 9.17) is 9.84 Å². The van der Waals surface area contributed by atoms with Gasteiger partial charge in [0.05, 0.1) is 18.8 Å². The summed E-state index contributed by atoms with van der Waals surface area (Å²) >= 11 is 0. The van der Waals surface area contributed by atoms with Gasteiger partial charge in [0, 0.05) is 11.1 Å². The SMILES string of the molecule is O=Cc1ccc(-c2ccc(N3CC(CO)OC3=O)cc2F)cc1. The number of hydrogen-bond donors (Lipinski definition) is 1. The summed E-state index contributed by atoms with van der Waals surface area (Å²) in [5.74, 6) is -0.485. The third kappa shape index (κ3) is 2.93. The first-order valence-electron chi connectivity index (χ1n) is 7.06. The molecule has 1 aliphatic rings. The van der Waals surface area contributed by atoms with Gasteiger partial charge >= 0.3 is 6.09 Å². The minimum Gasteiger partial charge on any atom is -0.441 e. The van der Waals surface area contributed by atoms with Crippen molar-refractivity contribution in [3.05, 3.63) is 53.8 Å². The third-order valence-corrected chi connectivity index (χ3v) is 3.70. The average molecular weight is 315 g/mol. The fourth-order valence-electron chi connectivity index (χ4n) is 2.47. The van der Waals surface area contributed by atoms with E-state index in [0.29, 0.717) is 22.4 Å². The van der Waals surface area contributed by atoms with Gasteiger partial charge in [-0.1, -0.05) is 24.3 Å². The number of hydrogen-bond acceptors (Lipinski definition) is 4. The Hall–Kier alpha value is -2.73. The highest BCUT2D eigenvalue weighted by Gasteiger charge is 2.32. The van der Waals surface area contributed by atoms with Gasteiger partial charge in [-0.25, -0.2) is 9.18 Å². The minimum atomic E-state index is -0.605. The zero-order valence-corrected chi connectivity index (χ0v) is 12.1. The zero-order chi connectivity index (χ0) is 16.4. The van der Waals surface area contributed by atoms with Crippen molar-refractivity contribution >= 4 is 18.1 Å². The lowest BCUT2D eigenvalue weighted by Gasteiger charge is -2.14. The molecule has 0 spiro atoms. The summed E-state index contributed by atoms with van der Waals surface area (Å²) in [6.07, 6.45) is -0.479. The van der Waals surface area contributed by atoms with Crippen LogP contribution in [0.1, 0.15) is 10.4 Å². The lowest BCUT2D eigenvalue weighted by atomic mass is 10.0. The van der Waals surface area contributed by atoms with Gasteiger partial charge < -0.3 is 9.84 Å². The molecule has 2 aromatic rings. The number of nitrogens with zero attached hydrogens (tertiary/aromatic N) is 1. The second kappa shape index (κ2) is 6.18. The van der Waals surface area contributed by atoms with Crippen molar-refractivity contribution in [3.63, 3.8) is 0 Å². The molecule has 5 nitrogen and oxygen atoms in total. The van der Waals surface area contributed by atoms with E-state index in [1.807, 2.05) is 0 Å². The van der Waals surface area contributed by atoms with Crippen LogP contribution in [-0.4, -0.2) is 36.7 Å². The largest absolute Gasteiger partial charge is 0.441 e. The van der Waals surface area contributed by atoms with Gasteiger partial charge in [0.1, 0.15) is 18.2 Å². The van der Waals surface area contributed by atoms with Crippen LogP contribution in [-0.2, 0) is 4.74 Å². The summed E-state index contributed by atoms with van der Waals surface area (Å²) in [5, 5.41) is 9.04. The Kier molecular flexibility index (Phi) is 4.08. The maximum absolute atomic E-state index is 14.4. The number of anilines is 1. The van der Waals surface area contributed by atoms with E-state index < -0.39 is 18.0 Å². The molecule has 2 aromatic carbocycles. The smallest absolute Gasteiger partial charge is 0.414 e. The highest BCUT2D eigenvalue weighted by molar-refractivity contribution is 5.90. The van der Waals surface area contributed by atoms with Crippen LogP contribution in [0.4, 0.5) is 14.9 Å². The molecule has 0 bridgehead atoms. The first kappa shape index (κ1) is 15.2. The van der Waals surface area contributed by atoms with Gasteiger partial charge in [0.2, 0.25) is 0 Å². The van der Waals surface area contributed by atoms with Crippen LogP contribution in [0.2, 0.25) is 0 Å². The van der Waals surface area contributed by atoms with Crippen molar-refractivity contribution in [2.45, 2.75) is 6.10 Å². The Labute approximate surface area is 131 Å². The number of aldehydes is 1. The molecule has 0 radical (unpaired) electrons. The number of carbonyl (C=O) groups excluding carboxylic acids is 2. The van der Waals surface area contributed by atoms with Crippen LogP contribution in [0.15, 0.2) is 42.5 Å². The Bertz CT molecular complexity index is 745. The lowest BCUT2D eigenvalue weighted by molar-refractivity contribution is 0.0963. The number of rotatable bonds is 4. The van der Waals surface area contributed by atoms with Gasteiger partial charge in [-0.15, -0.1) is 0 Å². The van der Waals surface area contributed by atoms with Crippen molar-refractivity contribution in [2.75, 3.05) is 18.1 Å². The quantitative estimate of drug-likeness (QED) is 0.881. The number of benzene rings is 2. The van der Waals surface area contributed by atoms with E-state index in [0.717, 1.165) is 6.29 Å². The van der Waals surface area contributed by atoms with E-state index >= 15 is 0 Å². The lowest BCUT2D eigenvalue weighted by Crippen LogP contribution is -2.25. The average Bonchev–Trinajstić information content (AvgIpc) is 2.96. The van der Waals surface area contributed by atoms with Crippen molar-refractivity contribution < 1.29 is 23.8 Å². The maximum Gasteiger partial charge on any atom is 0.414 e. The second-order valence-electron chi connectivity index (χ2n) is 5.20. The summed E-state index contributed by atoms with van der Waals surface area (Å²) in [7, 11) is 0. The molecule has 1 atom stereocenters. The fraction of sp³-hybridized carbons (Fsp3) is 0.176. The van der Waals surface area contributed by atoms with E-state index in [1.165, 1.54) is 11.0 Å². The molecule has 118 valence electrons. The van der Waals surface area contributed by atoms with Gasteiger partial charge in [0.15, 0.2) is 0 Å². The van der Waals surface area contributed by atoms with Crippen molar-refractivity contribution in [2.24, 2.45) is 0 Å². The number of cyclic esters (lactones) is 1. The number of carbonyl (C=O) groups is 2. The summed E-state index contributed by atoms with van der Waals surface area (Å²) in [4.78, 5) is 23.7. The number of aliphatic hydroxyl groups is 1. The van der Waals surface area contributed by atoms with E-state index in [2.05, 4.69) is 0 Å². The Morgan fingerprint density at radius 3 is 2.57 bits per heavy atom. The molecule has 1 amide bonds. The van der Waals surface area contributed by atoms with Gasteiger partial charge in [-0.3, -0.25) is 9.69 Å². The summed E-state index contributed by atoms with van der Waals surface area (Å²) in [6, 6.07) is 11.0. The molecule has 23 heavy (non-hydrogen) atoms. The predicted molar refractivity (Wildman–Crippen MR) is 81.9 cm³/mol. The molecule has 1 saturated heterocycles. The Morgan fingerprint density at radius 2 is 2.00 bits per heavy atom. The van der Waals surface area contributed by atoms with Crippen LogP contribution in [0, 0.1) is 5.82 Å². The highest BCUT2D eigenvalue weighted by Crippen LogP contribution is 2.29. The monoisotopic (exact) mass is 315 g/mol. The standard InChI is InChI=1S/C17H14FNO4/c18-16-7-13(19-8-14(10-21)23-17(19)22)5-6-15(16)12-3-1-11(9-20)2-4-12/h1-7,9,14,21H,8,10H2. The van der Waals surface area contributed by atoms with Gasteiger partial charge in [-0.2, -0.15) is 0 Å². The third-order valence-electron chi connectivity index (χ3n) is 3.70. The molecule has 0 aromatic heterocycles. The van der Waals surface area contributed by atoms with Crippen LogP contribution in [0.3, 0.4) is 0 Å². The molecule has 0 saturated carbocycles. The summed E-state index contributed by atoms with van der Waals surface area (Å²) in [5.41, 5.74) is 1.90. The van der Waals surface area contributed by atoms with Crippen molar-refractivity contribution in [1.29, 1.82) is 0 Å². The molecule has 3 rings (SSSR count). The van der Waals surface area contributed by atoms with Crippen molar-refractivity contribution in [1.82, 2.24) is 0 Å². The molecule has 6 heteroatoms. The fourth-order valence-corrected chi connectivity index (χ4v) is 2.47. The predicted octanol–water partition coefficient (Wildman–Crippen LogP) is 2.62. The summed E-state index contributed by atoms with van der Waals surface area (Å²) < 4.78 is 19.3. The molecule has 1 fully saturated rings. The number of aliphatic hydroxyl groups excluding tert-OH is 1. The second-order valence-corrected chi connectivity index (χ2v) is 5.20. The summed E-state index contributed by atoms with van der Waals surface area (Å²) in [6.45, 7) is -0.0892. The van der Waals surface area contributed by atoms with E-state index in [-0.39, 0.29) is 13.2 Å². The van der Waals surface area contributed by atoms with E-state index in [1.54, 1.807) is 36.4 Å². The molecule has 1 aliphatic heterocycles. The van der Waals surface area contributed by atoms with Crippen molar-refractivity contribution in [3.8, 4) is 11.1 Å². The Balaban J connectivity index is 1.88.